The van der Waals surface area contributed by atoms with Gasteiger partial charge in [-0.15, -0.1) is 0 Å². The zero-order valence-electron chi connectivity index (χ0n) is 14.1. The third kappa shape index (κ3) is 11.2. The van der Waals surface area contributed by atoms with Crippen molar-refractivity contribution in [2.75, 3.05) is 7.11 Å². The molecule has 0 aromatic heterocycles. The first kappa shape index (κ1) is 19.8. The third-order valence-electron chi connectivity index (χ3n) is 2.05. The number of hydrogen-bond acceptors (Lipinski definition) is 6. The third-order valence-corrected chi connectivity index (χ3v) is 3.69. The summed E-state index contributed by atoms with van der Waals surface area (Å²) in [5.41, 5.74) is 0.209. The highest BCUT2D eigenvalue weighted by molar-refractivity contribution is 6.72. The van der Waals surface area contributed by atoms with Crippen molar-refractivity contribution in [1.82, 2.24) is 0 Å². The van der Waals surface area contributed by atoms with Gasteiger partial charge in [-0.25, -0.2) is 4.79 Å². The molecule has 0 radical (unpaired) electrons. The van der Waals surface area contributed by atoms with Crippen molar-refractivity contribution in [2.45, 2.75) is 58.5 Å². The monoisotopic (exact) mass is 333 g/mol. The second kappa shape index (κ2) is 8.33. The van der Waals surface area contributed by atoms with Crippen LogP contribution in [-0.2, 0) is 23.3 Å². The summed E-state index contributed by atoms with van der Waals surface area (Å²) in [5, 5.41) is 3.70. The summed E-state index contributed by atoms with van der Waals surface area (Å²) in [6, 6.07) is 0. The van der Waals surface area contributed by atoms with E-state index in [4.69, 9.17) is 8.85 Å². The molecular formula is C13H27NO5Si2. The maximum atomic E-state index is 11.9. The van der Waals surface area contributed by atoms with E-state index in [1.165, 1.54) is 7.11 Å². The average molecular weight is 334 g/mol. The molecule has 0 spiro atoms. The largest absolute Gasteiger partial charge is 0.520 e. The van der Waals surface area contributed by atoms with Gasteiger partial charge in [-0.05, 0) is 45.7 Å². The fraction of sp³-hybridized carbons (Fsp3) is 0.769. The predicted octanol–water partition coefficient (Wildman–Crippen LogP) is 2.92. The van der Waals surface area contributed by atoms with Crippen LogP contribution in [0.2, 0.25) is 39.3 Å². The number of carbonyl (C=O) groups excluding carboxylic acids is 2. The first-order valence-electron chi connectivity index (χ1n) is 7.00. The molecule has 0 aliphatic rings. The predicted molar refractivity (Wildman–Crippen MR) is 87.2 cm³/mol. The second-order valence-corrected chi connectivity index (χ2v) is 15.5. The molecule has 0 N–H and O–H groups in total. The molecule has 0 aromatic rings. The molecule has 0 amide bonds. The van der Waals surface area contributed by atoms with Gasteiger partial charge in [0.2, 0.25) is 16.6 Å². The van der Waals surface area contributed by atoms with E-state index in [-0.39, 0.29) is 18.1 Å². The van der Waals surface area contributed by atoms with Crippen molar-refractivity contribution in [3.05, 3.63) is 0 Å². The molecule has 122 valence electrons. The molecule has 0 fully saturated rings. The first-order valence-corrected chi connectivity index (χ1v) is 13.8. The lowest BCUT2D eigenvalue weighted by Gasteiger charge is -2.18. The molecule has 0 aliphatic carbocycles. The SMILES string of the molecule is CO/N=C(\CCCC(=O)O[Si](C)(C)C)C(=O)O[Si](C)(C)C. The van der Waals surface area contributed by atoms with Gasteiger partial charge in [0, 0.05) is 12.8 Å². The highest BCUT2D eigenvalue weighted by atomic mass is 28.4. The minimum Gasteiger partial charge on any atom is -0.520 e. The summed E-state index contributed by atoms with van der Waals surface area (Å²) in [6.45, 7) is 11.6. The lowest BCUT2D eigenvalue weighted by molar-refractivity contribution is -0.135. The molecule has 21 heavy (non-hydrogen) atoms. The van der Waals surface area contributed by atoms with E-state index in [1.807, 2.05) is 39.3 Å². The number of carbonyl (C=O) groups is 2. The van der Waals surface area contributed by atoms with E-state index in [1.54, 1.807) is 0 Å². The Morgan fingerprint density at radius 1 is 0.905 bits per heavy atom. The smallest absolute Gasteiger partial charge is 0.342 e. The molecule has 0 atom stereocenters. The Labute approximate surface area is 129 Å². The van der Waals surface area contributed by atoms with Crippen molar-refractivity contribution in [3.8, 4) is 0 Å². The standard InChI is InChI=1S/C13H27NO5Si2/c1-17-14-11(13(16)19-21(5,6)7)9-8-10-12(15)18-20(2,3)4/h8-10H2,1-7H3/b14-11+. The van der Waals surface area contributed by atoms with E-state index in [0.717, 1.165) is 0 Å². The first-order chi connectivity index (χ1) is 9.44. The van der Waals surface area contributed by atoms with Crippen LogP contribution >= 0.6 is 0 Å². The molecule has 0 saturated carbocycles. The van der Waals surface area contributed by atoms with Crippen LogP contribution in [0.25, 0.3) is 0 Å². The summed E-state index contributed by atoms with van der Waals surface area (Å²) in [5.74, 6) is -0.695. The van der Waals surface area contributed by atoms with E-state index in [0.29, 0.717) is 12.8 Å². The Hall–Kier alpha value is -1.16. The highest BCUT2D eigenvalue weighted by Gasteiger charge is 2.24. The molecule has 0 heterocycles. The molecule has 0 bridgehead atoms. The summed E-state index contributed by atoms with van der Waals surface area (Å²) < 4.78 is 10.7. The molecule has 8 heteroatoms. The second-order valence-electron chi connectivity index (χ2n) is 6.66. The number of rotatable bonds is 8. The van der Waals surface area contributed by atoms with Crippen LogP contribution in [0.5, 0.6) is 0 Å². The molecule has 0 saturated heterocycles. The summed E-state index contributed by atoms with van der Waals surface area (Å²) >= 11 is 0. The average Bonchev–Trinajstić information content (AvgIpc) is 2.22. The van der Waals surface area contributed by atoms with Gasteiger partial charge in [-0.2, -0.15) is 0 Å². The Morgan fingerprint density at radius 2 is 1.43 bits per heavy atom. The zero-order chi connectivity index (χ0) is 16.7. The lowest BCUT2D eigenvalue weighted by Crippen LogP contribution is -2.33. The minimum atomic E-state index is -1.98. The van der Waals surface area contributed by atoms with Crippen molar-refractivity contribution >= 4 is 34.3 Å². The maximum Gasteiger partial charge on any atom is 0.342 e. The topological polar surface area (TPSA) is 74.2 Å². The van der Waals surface area contributed by atoms with Gasteiger partial charge in [-0.1, -0.05) is 5.16 Å². The van der Waals surface area contributed by atoms with Crippen molar-refractivity contribution in [1.29, 1.82) is 0 Å². The zero-order valence-corrected chi connectivity index (χ0v) is 16.1. The van der Waals surface area contributed by atoms with Gasteiger partial charge in [0.25, 0.3) is 5.97 Å². The van der Waals surface area contributed by atoms with Crippen LogP contribution < -0.4 is 0 Å². The lowest BCUT2D eigenvalue weighted by atomic mass is 10.2. The fourth-order valence-electron chi connectivity index (χ4n) is 1.42. The molecule has 0 aromatic carbocycles. The number of oxime groups is 1. The Bertz CT molecular complexity index is 396. The highest BCUT2D eigenvalue weighted by Crippen LogP contribution is 2.10. The van der Waals surface area contributed by atoms with E-state index >= 15 is 0 Å². The van der Waals surface area contributed by atoms with Crippen LogP contribution in [0.15, 0.2) is 5.16 Å². The van der Waals surface area contributed by atoms with Crippen LogP contribution in [-0.4, -0.2) is 41.4 Å². The summed E-state index contributed by atoms with van der Waals surface area (Å²) in [7, 11) is -2.46. The summed E-state index contributed by atoms with van der Waals surface area (Å²) in [6.07, 6.45) is 1.07. The van der Waals surface area contributed by atoms with Gasteiger partial charge in [0.15, 0.2) is 5.71 Å². The number of nitrogens with zero attached hydrogens (tertiary/aromatic N) is 1. The summed E-state index contributed by atoms with van der Waals surface area (Å²) in [4.78, 5) is 28.2. The van der Waals surface area contributed by atoms with E-state index in [9.17, 15) is 9.59 Å². The Kier molecular flexibility index (Phi) is 7.87. The van der Waals surface area contributed by atoms with Gasteiger partial charge in [0.1, 0.15) is 7.11 Å². The van der Waals surface area contributed by atoms with Crippen molar-refractivity contribution in [2.24, 2.45) is 5.16 Å². The van der Waals surface area contributed by atoms with Gasteiger partial charge in [0.05, 0.1) is 0 Å². The van der Waals surface area contributed by atoms with Crippen LogP contribution in [0.1, 0.15) is 19.3 Å². The molecule has 6 nitrogen and oxygen atoms in total. The maximum absolute atomic E-state index is 11.9. The normalized spacial score (nSPS) is 12.8. The van der Waals surface area contributed by atoms with Crippen LogP contribution in [0, 0.1) is 0 Å². The fourth-order valence-corrected chi connectivity index (χ4v) is 2.88. The number of hydrogen-bond donors (Lipinski definition) is 0. The molecule has 0 aliphatic heterocycles. The van der Waals surface area contributed by atoms with Crippen molar-refractivity contribution < 1.29 is 23.3 Å². The molecular weight excluding hydrogens is 306 g/mol. The Morgan fingerprint density at radius 3 is 1.86 bits per heavy atom. The minimum absolute atomic E-state index is 0.209. The van der Waals surface area contributed by atoms with Crippen LogP contribution in [0.4, 0.5) is 0 Å². The molecule has 0 unspecified atom stereocenters. The van der Waals surface area contributed by atoms with Crippen molar-refractivity contribution in [3.63, 3.8) is 0 Å². The quantitative estimate of drug-likeness (QED) is 0.388. The van der Waals surface area contributed by atoms with Gasteiger partial charge in [-0.3, -0.25) is 4.79 Å². The molecule has 0 rings (SSSR count). The Balaban J connectivity index is 4.39. The van der Waals surface area contributed by atoms with E-state index in [2.05, 4.69) is 9.99 Å². The van der Waals surface area contributed by atoms with Gasteiger partial charge >= 0.3 is 5.97 Å². The van der Waals surface area contributed by atoms with Crippen LogP contribution in [0.3, 0.4) is 0 Å². The van der Waals surface area contributed by atoms with Gasteiger partial charge < -0.3 is 13.7 Å². The van der Waals surface area contributed by atoms with E-state index < -0.39 is 22.6 Å².